The van der Waals surface area contributed by atoms with Gasteiger partial charge >= 0.3 is 0 Å². The number of nitrogens with one attached hydrogen (secondary N) is 2. The van der Waals surface area contributed by atoms with E-state index in [0.29, 0.717) is 31.1 Å². The number of nitrogens with zero attached hydrogens (tertiary/aromatic N) is 1. The van der Waals surface area contributed by atoms with Crippen LogP contribution < -0.4 is 5.32 Å². The summed E-state index contributed by atoms with van der Waals surface area (Å²) in [6.07, 6.45) is 2.02. The average molecular weight is 414 g/mol. The van der Waals surface area contributed by atoms with Gasteiger partial charge in [0.15, 0.2) is 0 Å². The van der Waals surface area contributed by atoms with Gasteiger partial charge in [-0.05, 0) is 30.2 Å². The molecule has 2 aromatic rings. The molecule has 0 atom stereocenters. The van der Waals surface area contributed by atoms with Gasteiger partial charge < -0.3 is 10.3 Å². The Hall–Kier alpha value is -1.48. The minimum Gasteiger partial charge on any atom is -0.356 e. The zero-order chi connectivity index (χ0) is 18.6. The van der Waals surface area contributed by atoms with Crippen molar-refractivity contribution in [2.45, 2.75) is 11.3 Å². The lowest BCUT2D eigenvalue weighted by Gasteiger charge is -2.24. The van der Waals surface area contributed by atoms with Gasteiger partial charge in [0.25, 0.3) is 5.91 Å². The van der Waals surface area contributed by atoms with Crippen molar-refractivity contribution in [3.05, 3.63) is 52.8 Å². The van der Waals surface area contributed by atoms with Gasteiger partial charge in [-0.3, -0.25) is 4.79 Å². The summed E-state index contributed by atoms with van der Waals surface area (Å²) in [4.78, 5) is 15.1. The summed E-state index contributed by atoms with van der Waals surface area (Å²) >= 11 is 7.68. The molecule has 1 saturated heterocycles. The minimum absolute atomic E-state index is 0.129. The molecule has 1 fully saturated rings. The number of carbonyl (C=O) groups is 1. The highest BCUT2D eigenvalue weighted by molar-refractivity contribution is 7.99. The number of amides is 1. The molecule has 1 aliphatic heterocycles. The second-order valence-electron chi connectivity index (χ2n) is 5.90. The Kier molecular flexibility index (Phi) is 6.29. The Labute approximate surface area is 162 Å². The van der Waals surface area contributed by atoms with Gasteiger partial charge in [0.05, 0.1) is 0 Å². The number of aromatic nitrogens is 1. The fourth-order valence-electron chi connectivity index (χ4n) is 2.70. The first-order chi connectivity index (χ1) is 12.5. The number of halogens is 1. The van der Waals surface area contributed by atoms with Gasteiger partial charge in [0.1, 0.15) is 10.6 Å². The number of carbonyl (C=O) groups excluding carboxylic acids is 1. The fourth-order valence-corrected chi connectivity index (χ4v) is 5.48. The Morgan fingerprint density at radius 2 is 2.04 bits per heavy atom. The van der Waals surface area contributed by atoms with E-state index in [1.54, 1.807) is 17.8 Å². The van der Waals surface area contributed by atoms with Gasteiger partial charge in [0.2, 0.25) is 10.0 Å². The molecule has 140 valence electrons. The smallest absolute Gasteiger partial charge is 0.267 e. The third-order valence-electron chi connectivity index (χ3n) is 4.10. The minimum atomic E-state index is -3.55. The summed E-state index contributed by atoms with van der Waals surface area (Å²) in [5, 5.41) is 3.44. The predicted octanol–water partition coefficient (Wildman–Crippen LogP) is 2.38. The van der Waals surface area contributed by atoms with E-state index >= 15 is 0 Å². The molecule has 26 heavy (non-hydrogen) atoms. The van der Waals surface area contributed by atoms with Gasteiger partial charge in [-0.15, -0.1) is 0 Å². The monoisotopic (exact) mass is 413 g/mol. The van der Waals surface area contributed by atoms with Crippen LogP contribution in [0, 0.1) is 0 Å². The van der Waals surface area contributed by atoms with Crippen LogP contribution in [0.1, 0.15) is 16.1 Å². The molecule has 1 aliphatic rings. The number of aromatic amines is 1. The van der Waals surface area contributed by atoms with Crippen LogP contribution in [-0.2, 0) is 16.4 Å². The van der Waals surface area contributed by atoms with Crippen molar-refractivity contribution in [3.8, 4) is 0 Å². The number of H-pyrrole nitrogens is 1. The molecule has 6 nitrogen and oxygen atoms in total. The predicted molar refractivity (Wildman–Crippen MR) is 104 cm³/mol. The standard InChI is InChI=1S/C17H20ClN3O3S2/c18-14-3-1-2-13(10-14)4-5-19-17(22)16-11-15(12-20-16)26(23,24)21-6-8-25-9-7-21/h1-3,10-12,20H,4-9H2,(H,19,22). The van der Waals surface area contributed by atoms with Gasteiger partial charge in [-0.1, -0.05) is 23.7 Å². The van der Waals surface area contributed by atoms with E-state index in [9.17, 15) is 13.2 Å². The molecule has 2 heterocycles. The molecule has 1 aromatic heterocycles. The summed E-state index contributed by atoms with van der Waals surface area (Å²) in [5.74, 6) is 1.25. The van der Waals surface area contributed by atoms with E-state index < -0.39 is 10.0 Å². The normalized spacial score (nSPS) is 15.7. The lowest BCUT2D eigenvalue weighted by atomic mass is 10.1. The van der Waals surface area contributed by atoms with Crippen molar-refractivity contribution in [3.63, 3.8) is 0 Å². The van der Waals surface area contributed by atoms with Crippen molar-refractivity contribution in [2.24, 2.45) is 0 Å². The zero-order valence-electron chi connectivity index (χ0n) is 14.1. The van der Waals surface area contributed by atoms with Crippen LogP contribution in [0.15, 0.2) is 41.4 Å². The van der Waals surface area contributed by atoms with E-state index in [0.717, 1.165) is 17.1 Å². The topological polar surface area (TPSA) is 82.3 Å². The highest BCUT2D eigenvalue weighted by atomic mass is 35.5. The lowest BCUT2D eigenvalue weighted by Crippen LogP contribution is -2.37. The summed E-state index contributed by atoms with van der Waals surface area (Å²) in [6.45, 7) is 1.43. The van der Waals surface area contributed by atoms with E-state index in [2.05, 4.69) is 10.3 Å². The Balaban J connectivity index is 1.59. The van der Waals surface area contributed by atoms with Gasteiger partial charge in [-0.25, -0.2) is 8.42 Å². The molecular weight excluding hydrogens is 394 g/mol. The maximum Gasteiger partial charge on any atom is 0.267 e. The van der Waals surface area contributed by atoms with Crippen LogP contribution in [0.5, 0.6) is 0 Å². The van der Waals surface area contributed by atoms with Gasteiger partial charge in [-0.2, -0.15) is 16.1 Å². The van der Waals surface area contributed by atoms with Crippen LogP contribution in [0.4, 0.5) is 0 Å². The van der Waals surface area contributed by atoms with Crippen molar-refractivity contribution in [1.82, 2.24) is 14.6 Å². The number of hydrogen-bond donors (Lipinski definition) is 2. The van der Waals surface area contributed by atoms with E-state index in [1.165, 1.54) is 16.6 Å². The van der Waals surface area contributed by atoms with E-state index in [-0.39, 0.29) is 16.5 Å². The molecule has 0 bridgehead atoms. The summed E-state index contributed by atoms with van der Waals surface area (Å²) < 4.78 is 26.7. The molecular formula is C17H20ClN3O3S2. The Morgan fingerprint density at radius 1 is 1.27 bits per heavy atom. The quantitative estimate of drug-likeness (QED) is 0.761. The molecule has 1 aromatic carbocycles. The second kappa shape index (κ2) is 8.47. The van der Waals surface area contributed by atoms with Crippen molar-refractivity contribution < 1.29 is 13.2 Å². The summed E-state index contributed by atoms with van der Waals surface area (Å²) in [7, 11) is -3.55. The molecule has 0 radical (unpaired) electrons. The fraction of sp³-hybridized carbons (Fsp3) is 0.353. The Morgan fingerprint density at radius 3 is 2.77 bits per heavy atom. The van der Waals surface area contributed by atoms with Crippen molar-refractivity contribution in [1.29, 1.82) is 0 Å². The highest BCUT2D eigenvalue weighted by Crippen LogP contribution is 2.20. The maximum absolute atomic E-state index is 12.6. The number of thioether (sulfide) groups is 1. The summed E-state index contributed by atoms with van der Waals surface area (Å²) in [5.41, 5.74) is 1.26. The largest absolute Gasteiger partial charge is 0.356 e. The van der Waals surface area contributed by atoms with Crippen LogP contribution in [-0.4, -0.2) is 54.8 Å². The molecule has 9 heteroatoms. The summed E-state index contributed by atoms with van der Waals surface area (Å²) in [6, 6.07) is 8.84. The molecule has 1 amide bonds. The molecule has 3 rings (SSSR count). The van der Waals surface area contributed by atoms with Crippen LogP contribution in [0.3, 0.4) is 0 Å². The number of benzene rings is 1. The van der Waals surface area contributed by atoms with Crippen molar-refractivity contribution in [2.75, 3.05) is 31.1 Å². The van der Waals surface area contributed by atoms with Crippen LogP contribution in [0.25, 0.3) is 0 Å². The number of rotatable bonds is 6. The maximum atomic E-state index is 12.6. The molecule has 0 unspecified atom stereocenters. The second-order valence-corrected chi connectivity index (χ2v) is 9.50. The zero-order valence-corrected chi connectivity index (χ0v) is 16.5. The number of hydrogen-bond acceptors (Lipinski definition) is 4. The average Bonchev–Trinajstić information content (AvgIpc) is 3.13. The Bertz CT molecular complexity index is 877. The van der Waals surface area contributed by atoms with Gasteiger partial charge in [0, 0.05) is 42.4 Å². The molecule has 0 spiro atoms. The molecule has 0 saturated carbocycles. The third kappa shape index (κ3) is 4.62. The van der Waals surface area contributed by atoms with Crippen molar-refractivity contribution >= 4 is 39.3 Å². The van der Waals surface area contributed by atoms with E-state index in [4.69, 9.17) is 11.6 Å². The SMILES string of the molecule is O=C(NCCc1cccc(Cl)c1)c1cc(S(=O)(=O)N2CCSCC2)c[nH]1. The molecule has 0 aliphatic carbocycles. The first-order valence-corrected chi connectivity index (χ1v) is 11.2. The highest BCUT2D eigenvalue weighted by Gasteiger charge is 2.27. The van der Waals surface area contributed by atoms with E-state index in [1.807, 2.05) is 18.2 Å². The third-order valence-corrected chi connectivity index (χ3v) is 7.15. The van der Waals surface area contributed by atoms with Crippen LogP contribution in [0.2, 0.25) is 5.02 Å². The lowest BCUT2D eigenvalue weighted by molar-refractivity contribution is 0.0949. The first kappa shape index (κ1) is 19.3. The number of sulfonamides is 1. The first-order valence-electron chi connectivity index (χ1n) is 8.26. The van der Waals surface area contributed by atoms with Crippen LogP contribution >= 0.6 is 23.4 Å². The molecule has 2 N–H and O–H groups in total.